The molecule has 0 atom stereocenters. The zero-order chi connectivity index (χ0) is 25.6. The van der Waals surface area contributed by atoms with Gasteiger partial charge in [0.1, 0.15) is 5.60 Å². The third-order valence-corrected chi connectivity index (χ3v) is 7.17. The Morgan fingerprint density at radius 3 is 2.37 bits per heavy atom. The molecule has 2 saturated heterocycles. The van der Waals surface area contributed by atoms with Crippen LogP contribution in [0, 0.1) is 0 Å². The average Bonchev–Trinajstić information content (AvgIpc) is 2.99. The Bertz CT molecular complexity index is 1070. The van der Waals surface area contributed by atoms with Crippen LogP contribution in [0.3, 0.4) is 0 Å². The van der Waals surface area contributed by atoms with Gasteiger partial charge in [-0.25, -0.2) is 14.8 Å². The van der Waals surface area contributed by atoms with Crippen molar-refractivity contribution in [3.8, 4) is 0 Å². The van der Waals surface area contributed by atoms with Gasteiger partial charge in [-0.2, -0.15) is 0 Å². The maximum atomic E-state index is 12.3. The molecule has 4 rings (SSSR count). The van der Waals surface area contributed by atoms with Gasteiger partial charge in [-0.1, -0.05) is 19.1 Å². The molecule has 8 nitrogen and oxygen atoms in total. The largest absolute Gasteiger partial charge is 0.494 e. The number of nitrogens with zero attached hydrogens (tertiary/aromatic N) is 3. The molecule has 1 aromatic carbocycles. The monoisotopic (exact) mass is 482 g/mol. The molecule has 190 valence electrons. The first-order valence-electron chi connectivity index (χ1n) is 12.7. The van der Waals surface area contributed by atoms with Crippen molar-refractivity contribution < 1.29 is 18.8 Å². The Morgan fingerprint density at radius 1 is 1.17 bits per heavy atom. The lowest BCUT2D eigenvalue weighted by Crippen LogP contribution is -2.44. The number of amides is 1. The fraction of sp³-hybridized carbons (Fsp3) is 0.654. The molecule has 0 bridgehead atoms. The highest BCUT2D eigenvalue weighted by Crippen LogP contribution is 2.36. The van der Waals surface area contributed by atoms with E-state index in [1.165, 1.54) is 0 Å². The predicted molar refractivity (Wildman–Crippen MR) is 139 cm³/mol. The van der Waals surface area contributed by atoms with E-state index in [1.807, 2.05) is 27.0 Å². The van der Waals surface area contributed by atoms with Crippen LogP contribution in [-0.2, 0) is 20.5 Å². The molecule has 9 heteroatoms. The lowest BCUT2D eigenvalue weighted by atomic mass is 9.77. The molecule has 1 aromatic heterocycles. The molecule has 1 amide bonds. The second-order valence-electron chi connectivity index (χ2n) is 11.6. The van der Waals surface area contributed by atoms with Gasteiger partial charge in [0.2, 0.25) is 5.95 Å². The lowest BCUT2D eigenvalue weighted by molar-refractivity contribution is 0.00578. The normalized spacial score (nSPS) is 20.3. The summed E-state index contributed by atoms with van der Waals surface area (Å²) in [7, 11) is -0.414. The number of piperidine rings is 1. The number of rotatable bonds is 4. The highest BCUT2D eigenvalue weighted by molar-refractivity contribution is 6.62. The second kappa shape index (κ2) is 9.24. The Balaban J connectivity index is 1.46. The molecule has 0 aliphatic carbocycles. The zero-order valence-corrected chi connectivity index (χ0v) is 22.4. The summed E-state index contributed by atoms with van der Waals surface area (Å²) >= 11 is 0. The number of carbonyl (C=O) groups is 1. The van der Waals surface area contributed by atoms with E-state index >= 15 is 0 Å². The van der Waals surface area contributed by atoms with Gasteiger partial charge >= 0.3 is 13.2 Å². The fourth-order valence-corrected chi connectivity index (χ4v) is 4.41. The number of carbonyl (C=O) groups excluding carboxylic acids is 1. The number of benzene rings is 1. The van der Waals surface area contributed by atoms with Crippen LogP contribution in [0.25, 0.3) is 10.9 Å². The summed E-state index contributed by atoms with van der Waals surface area (Å²) in [5, 5.41) is 4.44. The zero-order valence-electron chi connectivity index (χ0n) is 22.4. The number of ether oxygens (including phenoxy) is 1. The van der Waals surface area contributed by atoms with E-state index in [1.54, 1.807) is 4.90 Å². The molecule has 2 aliphatic rings. The van der Waals surface area contributed by atoms with Gasteiger partial charge in [0.25, 0.3) is 0 Å². The Morgan fingerprint density at radius 2 is 1.80 bits per heavy atom. The van der Waals surface area contributed by atoms with Crippen molar-refractivity contribution in [2.24, 2.45) is 0 Å². The summed E-state index contributed by atoms with van der Waals surface area (Å²) in [5.41, 5.74) is 1.82. The molecule has 0 spiro atoms. The van der Waals surface area contributed by atoms with Crippen molar-refractivity contribution in [3.05, 3.63) is 23.9 Å². The first-order chi connectivity index (χ1) is 16.3. The Labute approximate surface area is 209 Å². The molecule has 0 radical (unpaired) electrons. The fourth-order valence-electron chi connectivity index (χ4n) is 4.41. The van der Waals surface area contributed by atoms with Crippen molar-refractivity contribution >= 4 is 35.5 Å². The second-order valence-corrected chi connectivity index (χ2v) is 11.6. The number of aromatic nitrogens is 2. The van der Waals surface area contributed by atoms with Crippen molar-refractivity contribution in [1.82, 2.24) is 14.9 Å². The molecule has 1 N–H and O–H groups in total. The number of likely N-dealkylation sites (tertiary alicyclic amines) is 1. The van der Waals surface area contributed by atoms with E-state index < -0.39 is 12.7 Å². The van der Waals surface area contributed by atoms with Crippen LogP contribution in [0.15, 0.2) is 18.3 Å². The Hall–Kier alpha value is -2.39. The van der Waals surface area contributed by atoms with Gasteiger partial charge in [-0.15, -0.1) is 0 Å². The maximum absolute atomic E-state index is 12.3. The summed E-state index contributed by atoms with van der Waals surface area (Å²) in [6.45, 7) is 17.3. The maximum Gasteiger partial charge on any atom is 0.494 e. The minimum absolute atomic E-state index is 0.209. The van der Waals surface area contributed by atoms with Crippen LogP contribution < -0.4 is 10.8 Å². The minimum Gasteiger partial charge on any atom is -0.444 e. The molecule has 2 fully saturated rings. The summed E-state index contributed by atoms with van der Waals surface area (Å²) in [6.07, 6.45) is 4.11. The van der Waals surface area contributed by atoms with Crippen molar-refractivity contribution in [3.63, 3.8) is 0 Å². The number of anilines is 1. The van der Waals surface area contributed by atoms with E-state index in [-0.39, 0.29) is 23.3 Å². The van der Waals surface area contributed by atoms with Gasteiger partial charge in [-0.3, -0.25) is 0 Å². The number of nitrogens with one attached hydrogen (secondary N) is 1. The first-order valence-corrected chi connectivity index (χ1v) is 12.7. The van der Waals surface area contributed by atoms with Crippen LogP contribution in [0.5, 0.6) is 0 Å². The third-order valence-electron chi connectivity index (χ3n) is 7.17. The molecule has 0 saturated carbocycles. The molecular weight excluding hydrogens is 443 g/mol. The van der Waals surface area contributed by atoms with Crippen molar-refractivity contribution in [2.45, 2.75) is 97.5 Å². The summed E-state index contributed by atoms with van der Waals surface area (Å²) in [6, 6.07) is 4.42. The summed E-state index contributed by atoms with van der Waals surface area (Å²) in [4.78, 5) is 23.6. The van der Waals surface area contributed by atoms with E-state index in [0.29, 0.717) is 19.0 Å². The number of fused-ring (bicyclic) bond motifs is 1. The molecule has 35 heavy (non-hydrogen) atoms. The SMILES string of the molecule is CCc1cc(B2OC(C)(C)C(C)(C)O2)cc2cnc(NC3CCN(C(=O)OC(C)(C)C)CC3)nc12. The van der Waals surface area contributed by atoms with Gasteiger partial charge in [0, 0.05) is 30.7 Å². The van der Waals surface area contributed by atoms with E-state index in [9.17, 15) is 4.79 Å². The van der Waals surface area contributed by atoms with Crippen LogP contribution in [0.2, 0.25) is 0 Å². The third kappa shape index (κ3) is 5.56. The highest BCUT2D eigenvalue weighted by Gasteiger charge is 2.51. The molecule has 0 unspecified atom stereocenters. The average molecular weight is 482 g/mol. The minimum atomic E-state index is -0.482. The van der Waals surface area contributed by atoms with Crippen LogP contribution in [0.1, 0.15) is 73.8 Å². The summed E-state index contributed by atoms with van der Waals surface area (Å²) < 4.78 is 18.0. The predicted octanol–water partition coefficient (Wildman–Crippen LogP) is 4.30. The highest BCUT2D eigenvalue weighted by atomic mass is 16.7. The van der Waals surface area contributed by atoms with Gasteiger partial charge in [0.05, 0.1) is 16.7 Å². The van der Waals surface area contributed by atoms with Crippen LogP contribution in [-0.4, -0.2) is 64.0 Å². The van der Waals surface area contributed by atoms with Gasteiger partial charge in [0.15, 0.2) is 0 Å². The van der Waals surface area contributed by atoms with Crippen LogP contribution in [0.4, 0.5) is 10.7 Å². The number of hydrogen-bond donors (Lipinski definition) is 1. The van der Waals surface area contributed by atoms with E-state index in [4.69, 9.17) is 19.0 Å². The van der Waals surface area contributed by atoms with Gasteiger partial charge < -0.3 is 24.3 Å². The number of hydrogen-bond acceptors (Lipinski definition) is 7. The standard InChI is InChI=1S/C26H39BN4O4/c1-9-17-14-19(27-34-25(5,6)26(7,8)35-27)15-18-16-28-22(30-21(17)18)29-20-10-12-31(13-11-20)23(32)33-24(2,3)4/h14-16,20H,9-13H2,1-8H3,(H,28,29,30). The lowest BCUT2D eigenvalue weighted by Gasteiger charge is -2.33. The van der Waals surface area contributed by atoms with Gasteiger partial charge in [-0.05, 0) is 78.8 Å². The quantitative estimate of drug-likeness (QED) is 0.651. The molecule has 2 aromatic rings. The Kier molecular flexibility index (Phi) is 6.79. The van der Waals surface area contributed by atoms with Crippen LogP contribution >= 0.6 is 0 Å². The molecule has 3 heterocycles. The number of aryl methyl sites for hydroxylation is 1. The van der Waals surface area contributed by atoms with E-state index in [2.05, 4.69) is 57.1 Å². The smallest absolute Gasteiger partial charge is 0.444 e. The first kappa shape index (κ1) is 25.7. The van der Waals surface area contributed by atoms with Crippen molar-refractivity contribution in [1.29, 1.82) is 0 Å². The van der Waals surface area contributed by atoms with Crippen molar-refractivity contribution in [2.75, 3.05) is 18.4 Å². The molecule has 2 aliphatic heterocycles. The topological polar surface area (TPSA) is 85.8 Å². The van der Waals surface area contributed by atoms with E-state index in [0.717, 1.165) is 41.2 Å². The molecular formula is C26H39BN4O4. The summed E-state index contributed by atoms with van der Waals surface area (Å²) in [5.74, 6) is 0.617.